The number of hydrogen-bond acceptors (Lipinski definition) is 5. The Morgan fingerprint density at radius 1 is 1.41 bits per heavy atom. The number of aryl methyl sites for hydroxylation is 1. The lowest BCUT2D eigenvalue weighted by Gasteiger charge is -2.20. The van der Waals surface area contributed by atoms with Crippen molar-refractivity contribution in [3.63, 3.8) is 0 Å². The van der Waals surface area contributed by atoms with E-state index in [2.05, 4.69) is 28.4 Å². The third kappa shape index (κ3) is 3.13. The van der Waals surface area contributed by atoms with E-state index in [1.165, 1.54) is 5.69 Å². The zero-order valence-corrected chi connectivity index (χ0v) is 13.0. The Balaban J connectivity index is 1.65. The van der Waals surface area contributed by atoms with Gasteiger partial charge < -0.3 is 14.8 Å². The highest BCUT2D eigenvalue weighted by Crippen LogP contribution is 2.29. The van der Waals surface area contributed by atoms with Crippen molar-refractivity contribution in [2.24, 2.45) is 0 Å². The Bertz CT molecular complexity index is 596. The van der Waals surface area contributed by atoms with Crippen molar-refractivity contribution >= 4 is 0 Å². The monoisotopic (exact) mass is 302 g/mol. The lowest BCUT2D eigenvalue weighted by Crippen LogP contribution is -2.32. The van der Waals surface area contributed by atoms with Crippen molar-refractivity contribution < 1.29 is 9.47 Å². The fourth-order valence-corrected chi connectivity index (χ4v) is 2.84. The van der Waals surface area contributed by atoms with E-state index < -0.39 is 0 Å². The van der Waals surface area contributed by atoms with Gasteiger partial charge in [-0.15, -0.1) is 0 Å². The van der Waals surface area contributed by atoms with Crippen LogP contribution < -0.4 is 10.1 Å². The Kier molecular flexibility index (Phi) is 4.70. The molecule has 0 spiro atoms. The molecule has 1 fully saturated rings. The molecule has 2 aromatic rings. The second-order valence-corrected chi connectivity index (χ2v) is 5.34. The summed E-state index contributed by atoms with van der Waals surface area (Å²) in [6, 6.07) is 6.24. The summed E-state index contributed by atoms with van der Waals surface area (Å²) >= 11 is 0. The summed E-state index contributed by atoms with van der Waals surface area (Å²) in [5, 5.41) is 7.89. The van der Waals surface area contributed by atoms with Gasteiger partial charge in [-0.3, -0.25) is 4.68 Å². The molecular weight excluding hydrogens is 280 g/mol. The number of methoxy groups -OCH3 is 1. The molecule has 2 aromatic heterocycles. The van der Waals surface area contributed by atoms with Crippen LogP contribution in [-0.2, 0) is 17.8 Å². The first kappa shape index (κ1) is 15.0. The van der Waals surface area contributed by atoms with Gasteiger partial charge in [-0.1, -0.05) is 0 Å². The largest absolute Gasteiger partial charge is 0.481 e. The molecule has 0 bridgehead atoms. The fraction of sp³-hybridized carbons (Fsp3) is 0.500. The van der Waals surface area contributed by atoms with Crippen LogP contribution in [0.1, 0.15) is 30.7 Å². The van der Waals surface area contributed by atoms with Gasteiger partial charge in [0.05, 0.1) is 18.9 Å². The number of rotatable bonds is 6. The SMILES string of the molecule is CCn1nccc1CN[C@H]1CCO[C@@H]1c1ccc(OC)nc1. The molecule has 118 valence electrons. The first-order valence-corrected chi connectivity index (χ1v) is 7.67. The average Bonchev–Trinajstić information content (AvgIpc) is 3.21. The molecule has 1 saturated heterocycles. The Hall–Kier alpha value is -1.92. The van der Waals surface area contributed by atoms with Crippen LogP contribution in [0.5, 0.6) is 5.88 Å². The van der Waals surface area contributed by atoms with Crippen LogP contribution in [0.15, 0.2) is 30.6 Å². The molecule has 0 radical (unpaired) electrons. The van der Waals surface area contributed by atoms with Crippen molar-refractivity contribution in [3.05, 3.63) is 41.9 Å². The van der Waals surface area contributed by atoms with Crippen LogP contribution in [0.2, 0.25) is 0 Å². The van der Waals surface area contributed by atoms with Crippen LogP contribution >= 0.6 is 0 Å². The third-order valence-electron chi connectivity index (χ3n) is 4.04. The van der Waals surface area contributed by atoms with Crippen LogP contribution in [0.25, 0.3) is 0 Å². The van der Waals surface area contributed by atoms with Gasteiger partial charge in [0, 0.05) is 49.8 Å². The summed E-state index contributed by atoms with van der Waals surface area (Å²) in [5.74, 6) is 0.623. The molecule has 0 aromatic carbocycles. The summed E-state index contributed by atoms with van der Waals surface area (Å²) in [6.45, 7) is 4.54. The standard InChI is InChI=1S/C16H22N4O2/c1-3-20-13(6-8-19-20)11-17-14-7-9-22-16(14)12-4-5-15(21-2)18-10-12/h4-6,8,10,14,16-17H,3,7,9,11H2,1-2H3/t14-,16+/m0/s1. The molecule has 0 unspecified atom stereocenters. The van der Waals surface area contributed by atoms with Gasteiger partial charge in [0.2, 0.25) is 5.88 Å². The molecule has 3 heterocycles. The molecule has 1 N–H and O–H groups in total. The topological polar surface area (TPSA) is 61.2 Å². The van der Waals surface area contributed by atoms with Gasteiger partial charge in [-0.25, -0.2) is 4.98 Å². The zero-order valence-electron chi connectivity index (χ0n) is 13.0. The molecule has 22 heavy (non-hydrogen) atoms. The van der Waals surface area contributed by atoms with E-state index in [9.17, 15) is 0 Å². The van der Waals surface area contributed by atoms with Crippen molar-refractivity contribution in [3.8, 4) is 5.88 Å². The molecule has 0 saturated carbocycles. The van der Waals surface area contributed by atoms with Gasteiger partial charge in [0.25, 0.3) is 0 Å². The maximum Gasteiger partial charge on any atom is 0.212 e. The second kappa shape index (κ2) is 6.89. The minimum atomic E-state index is 0.0383. The summed E-state index contributed by atoms with van der Waals surface area (Å²) in [6.07, 6.45) is 4.71. The normalized spacial score (nSPS) is 21.2. The van der Waals surface area contributed by atoms with E-state index in [0.717, 1.165) is 31.7 Å². The minimum absolute atomic E-state index is 0.0383. The highest BCUT2D eigenvalue weighted by atomic mass is 16.5. The molecule has 0 aliphatic carbocycles. The lowest BCUT2D eigenvalue weighted by atomic mass is 10.0. The molecule has 1 aliphatic rings. The highest BCUT2D eigenvalue weighted by molar-refractivity contribution is 5.22. The van der Waals surface area contributed by atoms with Crippen molar-refractivity contribution in [1.29, 1.82) is 0 Å². The lowest BCUT2D eigenvalue weighted by molar-refractivity contribution is 0.0980. The summed E-state index contributed by atoms with van der Waals surface area (Å²) in [4.78, 5) is 4.27. The predicted molar refractivity (Wildman–Crippen MR) is 82.6 cm³/mol. The van der Waals surface area contributed by atoms with Gasteiger partial charge in [0.15, 0.2) is 0 Å². The summed E-state index contributed by atoms with van der Waals surface area (Å²) in [7, 11) is 1.62. The average molecular weight is 302 g/mol. The second-order valence-electron chi connectivity index (χ2n) is 5.34. The maximum absolute atomic E-state index is 5.89. The zero-order chi connectivity index (χ0) is 15.4. The Labute approximate surface area is 130 Å². The predicted octanol–water partition coefficient (Wildman–Crippen LogP) is 1.93. The number of hydrogen-bond donors (Lipinski definition) is 1. The first-order valence-electron chi connectivity index (χ1n) is 7.67. The summed E-state index contributed by atoms with van der Waals surface area (Å²) < 4.78 is 13.0. The number of pyridine rings is 1. The molecule has 1 aliphatic heterocycles. The molecule has 2 atom stereocenters. The van der Waals surface area contributed by atoms with E-state index in [1.807, 2.05) is 29.2 Å². The smallest absolute Gasteiger partial charge is 0.212 e. The molecule has 6 nitrogen and oxygen atoms in total. The van der Waals surface area contributed by atoms with Crippen molar-refractivity contribution in [2.45, 2.75) is 38.6 Å². The summed E-state index contributed by atoms with van der Waals surface area (Å²) in [5.41, 5.74) is 2.28. The molecule has 0 amide bonds. The Morgan fingerprint density at radius 2 is 2.32 bits per heavy atom. The number of nitrogens with one attached hydrogen (secondary N) is 1. The van der Waals surface area contributed by atoms with Crippen LogP contribution in [0, 0.1) is 0 Å². The number of aromatic nitrogens is 3. The molecular formula is C16H22N4O2. The number of nitrogens with zero attached hydrogens (tertiary/aromatic N) is 3. The van der Waals surface area contributed by atoms with Crippen LogP contribution in [-0.4, -0.2) is 34.5 Å². The van der Waals surface area contributed by atoms with Crippen molar-refractivity contribution in [2.75, 3.05) is 13.7 Å². The van der Waals surface area contributed by atoms with Crippen molar-refractivity contribution in [1.82, 2.24) is 20.1 Å². The van der Waals surface area contributed by atoms with Crippen LogP contribution in [0.3, 0.4) is 0 Å². The van der Waals surface area contributed by atoms with Crippen LogP contribution in [0.4, 0.5) is 0 Å². The molecule has 3 rings (SSSR count). The van der Waals surface area contributed by atoms with E-state index in [-0.39, 0.29) is 12.1 Å². The highest BCUT2D eigenvalue weighted by Gasteiger charge is 2.29. The fourth-order valence-electron chi connectivity index (χ4n) is 2.84. The molecule has 6 heteroatoms. The van der Waals surface area contributed by atoms with Gasteiger partial charge >= 0.3 is 0 Å². The van der Waals surface area contributed by atoms with E-state index in [1.54, 1.807) is 7.11 Å². The Morgan fingerprint density at radius 3 is 3.05 bits per heavy atom. The van der Waals surface area contributed by atoms with E-state index in [0.29, 0.717) is 5.88 Å². The quantitative estimate of drug-likeness (QED) is 0.883. The maximum atomic E-state index is 5.89. The first-order chi connectivity index (χ1) is 10.8. The van der Waals surface area contributed by atoms with Gasteiger partial charge in [-0.2, -0.15) is 5.10 Å². The van der Waals surface area contributed by atoms with Gasteiger partial charge in [-0.05, 0) is 25.5 Å². The van der Waals surface area contributed by atoms with E-state index >= 15 is 0 Å². The number of ether oxygens (including phenoxy) is 2. The minimum Gasteiger partial charge on any atom is -0.481 e. The third-order valence-corrected chi connectivity index (χ3v) is 4.04. The van der Waals surface area contributed by atoms with E-state index in [4.69, 9.17) is 9.47 Å². The van der Waals surface area contributed by atoms with Gasteiger partial charge in [0.1, 0.15) is 0 Å².